The fourth-order valence-corrected chi connectivity index (χ4v) is 2.36. The van der Waals surface area contributed by atoms with Gasteiger partial charge in [0, 0.05) is 10.9 Å². The summed E-state index contributed by atoms with van der Waals surface area (Å²) in [7, 11) is 0. The highest BCUT2D eigenvalue weighted by atomic mass is 32.1. The van der Waals surface area contributed by atoms with Crippen LogP contribution >= 0.6 is 11.3 Å². The molecule has 2 aromatic rings. The number of thiazole rings is 1. The molecule has 3 nitrogen and oxygen atoms in total. The molecule has 0 aliphatic rings. The first-order valence-electron chi connectivity index (χ1n) is 5.47. The lowest BCUT2D eigenvalue weighted by atomic mass is 10.1. The third kappa shape index (κ3) is 3.38. The van der Waals surface area contributed by atoms with Crippen molar-refractivity contribution in [2.45, 2.75) is 12.4 Å². The first-order chi connectivity index (χ1) is 9.98. The molecule has 0 saturated heterocycles. The zero-order valence-corrected chi connectivity index (χ0v) is 11.1. The highest BCUT2D eigenvalue weighted by Crippen LogP contribution is 2.39. The quantitative estimate of drug-likeness (QED) is 0.816. The van der Waals surface area contributed by atoms with Crippen molar-refractivity contribution in [2.75, 3.05) is 0 Å². The Balaban J connectivity index is 2.61. The average Bonchev–Trinajstić information content (AvgIpc) is 2.85. The van der Waals surface area contributed by atoms with Crippen LogP contribution in [-0.4, -0.2) is 16.1 Å². The van der Waals surface area contributed by atoms with E-state index < -0.39 is 40.7 Å². The topological polar surface area (TPSA) is 50.2 Å². The van der Waals surface area contributed by atoms with Gasteiger partial charge in [-0.15, -0.1) is 11.3 Å². The molecule has 1 aromatic heterocycles. The fourth-order valence-electron chi connectivity index (χ4n) is 1.58. The van der Waals surface area contributed by atoms with Crippen molar-refractivity contribution in [2.24, 2.45) is 0 Å². The van der Waals surface area contributed by atoms with Crippen molar-refractivity contribution >= 4 is 17.3 Å². The zero-order valence-electron chi connectivity index (χ0n) is 10.3. The SMILES string of the molecule is O=C(O)c1csc(-c2cc(C(F)(F)F)cc(C(F)(F)F)c2)n1. The van der Waals surface area contributed by atoms with E-state index in [1.807, 2.05) is 0 Å². The van der Waals surface area contributed by atoms with Crippen molar-refractivity contribution in [1.82, 2.24) is 4.98 Å². The number of aromatic carboxylic acids is 1. The van der Waals surface area contributed by atoms with Gasteiger partial charge in [0.15, 0.2) is 5.69 Å². The predicted octanol–water partition coefficient (Wildman–Crippen LogP) is 4.55. The van der Waals surface area contributed by atoms with Gasteiger partial charge in [-0.3, -0.25) is 0 Å². The molecule has 0 amide bonds. The van der Waals surface area contributed by atoms with Gasteiger partial charge >= 0.3 is 18.3 Å². The Bertz CT molecular complexity index is 687. The highest BCUT2D eigenvalue weighted by Gasteiger charge is 2.37. The minimum Gasteiger partial charge on any atom is -0.476 e. The van der Waals surface area contributed by atoms with Crippen LogP contribution in [0.2, 0.25) is 0 Å². The van der Waals surface area contributed by atoms with Crippen molar-refractivity contribution in [3.8, 4) is 10.6 Å². The maximum Gasteiger partial charge on any atom is 0.416 e. The van der Waals surface area contributed by atoms with Crippen LogP contribution in [0.4, 0.5) is 26.3 Å². The van der Waals surface area contributed by atoms with Crippen molar-refractivity contribution in [1.29, 1.82) is 0 Å². The molecular formula is C12H5F6NO2S. The molecule has 0 aliphatic heterocycles. The molecule has 22 heavy (non-hydrogen) atoms. The number of alkyl halides is 6. The van der Waals surface area contributed by atoms with Gasteiger partial charge in [0.2, 0.25) is 0 Å². The van der Waals surface area contributed by atoms with E-state index >= 15 is 0 Å². The highest BCUT2D eigenvalue weighted by molar-refractivity contribution is 7.13. The number of hydrogen-bond acceptors (Lipinski definition) is 3. The van der Waals surface area contributed by atoms with E-state index in [-0.39, 0.29) is 11.1 Å². The zero-order chi connectivity index (χ0) is 16.7. The first kappa shape index (κ1) is 16.3. The summed E-state index contributed by atoms with van der Waals surface area (Å²) in [6.45, 7) is 0. The van der Waals surface area contributed by atoms with Gasteiger partial charge in [-0.1, -0.05) is 0 Å². The Morgan fingerprint density at radius 1 is 1.00 bits per heavy atom. The maximum atomic E-state index is 12.7. The number of benzene rings is 1. The van der Waals surface area contributed by atoms with Gasteiger partial charge in [0.1, 0.15) is 5.01 Å². The third-order valence-corrected chi connectivity index (χ3v) is 3.45. The molecule has 1 N–H and O–H groups in total. The standard InChI is InChI=1S/C12H5F6NO2S/c13-11(14,15)6-1-5(2-7(3-6)12(16,17)18)9-19-8(4-22-9)10(20)21/h1-4H,(H,20,21). The Hall–Kier alpha value is -2.10. The largest absolute Gasteiger partial charge is 0.476 e. The van der Waals surface area contributed by atoms with Crippen molar-refractivity contribution in [3.63, 3.8) is 0 Å². The Morgan fingerprint density at radius 3 is 1.86 bits per heavy atom. The summed E-state index contributed by atoms with van der Waals surface area (Å²) >= 11 is 0.643. The van der Waals surface area contributed by atoms with Crippen LogP contribution in [0.1, 0.15) is 21.6 Å². The van der Waals surface area contributed by atoms with Crippen LogP contribution < -0.4 is 0 Å². The van der Waals surface area contributed by atoms with Gasteiger partial charge in [-0.05, 0) is 18.2 Å². The minimum atomic E-state index is -4.97. The van der Waals surface area contributed by atoms with Crippen LogP contribution in [0.3, 0.4) is 0 Å². The second-order valence-electron chi connectivity index (χ2n) is 4.14. The van der Waals surface area contributed by atoms with E-state index in [1.54, 1.807) is 0 Å². The average molecular weight is 341 g/mol. The molecule has 1 aromatic carbocycles. The van der Waals surface area contributed by atoms with Gasteiger partial charge in [0.05, 0.1) is 11.1 Å². The van der Waals surface area contributed by atoms with E-state index in [2.05, 4.69) is 4.98 Å². The van der Waals surface area contributed by atoms with E-state index in [0.29, 0.717) is 23.5 Å². The molecule has 0 atom stereocenters. The van der Waals surface area contributed by atoms with Crippen LogP contribution in [0.5, 0.6) is 0 Å². The molecule has 0 aliphatic carbocycles. The fraction of sp³-hybridized carbons (Fsp3) is 0.167. The number of hydrogen-bond donors (Lipinski definition) is 1. The Labute approximate surface area is 122 Å². The molecule has 0 fully saturated rings. The number of rotatable bonds is 2. The molecule has 0 bridgehead atoms. The normalized spacial score (nSPS) is 12.5. The summed E-state index contributed by atoms with van der Waals surface area (Å²) in [5.41, 5.74) is -3.86. The number of carboxylic acid groups (broad SMARTS) is 1. The van der Waals surface area contributed by atoms with Crippen LogP contribution in [0.25, 0.3) is 10.6 Å². The second kappa shape index (κ2) is 5.27. The molecular weight excluding hydrogens is 336 g/mol. The molecule has 0 saturated carbocycles. The smallest absolute Gasteiger partial charge is 0.416 e. The minimum absolute atomic E-state index is 0.00475. The number of halogens is 6. The molecule has 0 spiro atoms. The summed E-state index contributed by atoms with van der Waals surface area (Å²) in [6.07, 6.45) is -9.94. The van der Waals surface area contributed by atoms with Gasteiger partial charge < -0.3 is 5.11 Å². The first-order valence-corrected chi connectivity index (χ1v) is 6.35. The van der Waals surface area contributed by atoms with E-state index in [9.17, 15) is 31.1 Å². The van der Waals surface area contributed by atoms with Gasteiger partial charge in [-0.2, -0.15) is 26.3 Å². The van der Waals surface area contributed by atoms with E-state index in [0.717, 1.165) is 5.38 Å². The molecule has 1 heterocycles. The third-order valence-electron chi connectivity index (χ3n) is 2.56. The summed E-state index contributed by atoms with van der Waals surface area (Å²) in [4.78, 5) is 14.2. The van der Waals surface area contributed by atoms with E-state index in [1.165, 1.54) is 0 Å². The summed E-state index contributed by atoms with van der Waals surface area (Å²) in [5.74, 6) is -1.43. The lowest BCUT2D eigenvalue weighted by Crippen LogP contribution is -2.11. The van der Waals surface area contributed by atoms with Crippen molar-refractivity contribution < 1.29 is 36.2 Å². The lowest BCUT2D eigenvalue weighted by molar-refractivity contribution is -0.143. The number of carboxylic acids is 1. The molecule has 0 radical (unpaired) electrons. The predicted molar refractivity (Wildman–Crippen MR) is 64.5 cm³/mol. The summed E-state index contributed by atoms with van der Waals surface area (Å²) < 4.78 is 76.2. The summed E-state index contributed by atoms with van der Waals surface area (Å²) in [5, 5.41) is 9.49. The van der Waals surface area contributed by atoms with E-state index in [4.69, 9.17) is 5.11 Å². The van der Waals surface area contributed by atoms with Crippen LogP contribution in [-0.2, 0) is 12.4 Å². The summed E-state index contributed by atoms with van der Waals surface area (Å²) in [6, 6.07) is 0.995. The number of aromatic nitrogens is 1. The molecule has 118 valence electrons. The van der Waals surface area contributed by atoms with Gasteiger partial charge in [0.25, 0.3) is 0 Å². The molecule has 0 unspecified atom stereocenters. The molecule has 2 rings (SSSR count). The number of nitrogens with zero attached hydrogens (tertiary/aromatic N) is 1. The Kier molecular flexibility index (Phi) is 3.90. The van der Waals surface area contributed by atoms with Crippen LogP contribution in [0, 0.1) is 0 Å². The maximum absolute atomic E-state index is 12.7. The molecule has 10 heteroatoms. The Morgan fingerprint density at radius 2 is 1.50 bits per heavy atom. The van der Waals surface area contributed by atoms with Gasteiger partial charge in [-0.25, -0.2) is 9.78 Å². The lowest BCUT2D eigenvalue weighted by Gasteiger charge is -2.13. The second-order valence-corrected chi connectivity index (χ2v) is 5.00. The monoisotopic (exact) mass is 341 g/mol. The van der Waals surface area contributed by atoms with Crippen LogP contribution in [0.15, 0.2) is 23.6 Å². The number of carbonyl (C=O) groups is 1. The van der Waals surface area contributed by atoms with Crippen molar-refractivity contribution in [3.05, 3.63) is 40.4 Å².